The van der Waals surface area contributed by atoms with Crippen LogP contribution in [0.2, 0.25) is 0 Å². The molecule has 0 bridgehead atoms. The fourth-order valence-electron chi connectivity index (χ4n) is 1.37. The molecule has 0 radical (unpaired) electrons. The summed E-state index contributed by atoms with van der Waals surface area (Å²) in [6, 6.07) is 5.65. The Bertz CT molecular complexity index is 653. The molecule has 2 rings (SSSR count). The number of benzene rings is 1. The minimum absolute atomic E-state index is 0.0593. The third-order valence-electron chi connectivity index (χ3n) is 2.26. The predicted molar refractivity (Wildman–Crippen MR) is 64.1 cm³/mol. The topological polar surface area (TPSA) is 111 Å². The summed E-state index contributed by atoms with van der Waals surface area (Å²) in [6.07, 6.45) is 0. The molecule has 1 heterocycles. The monoisotopic (exact) mass is 265 g/mol. The minimum atomic E-state index is -0.771. The van der Waals surface area contributed by atoms with Crippen molar-refractivity contribution in [2.24, 2.45) is 0 Å². The van der Waals surface area contributed by atoms with Crippen molar-refractivity contribution < 1.29 is 18.5 Å². The van der Waals surface area contributed by atoms with E-state index in [0.29, 0.717) is 0 Å². The fourth-order valence-corrected chi connectivity index (χ4v) is 1.37. The third kappa shape index (κ3) is 2.68. The molecule has 0 aliphatic carbocycles. The van der Waals surface area contributed by atoms with E-state index in [-0.39, 0.29) is 17.1 Å². The molecule has 7 nitrogen and oxygen atoms in total. The van der Waals surface area contributed by atoms with Gasteiger partial charge in [0.15, 0.2) is 5.76 Å². The van der Waals surface area contributed by atoms with Crippen molar-refractivity contribution >= 4 is 23.2 Å². The van der Waals surface area contributed by atoms with Gasteiger partial charge in [0.05, 0.1) is 17.4 Å². The highest BCUT2D eigenvalue weighted by Gasteiger charge is 2.18. The summed E-state index contributed by atoms with van der Waals surface area (Å²) < 4.78 is 17.7. The molecule has 0 fully saturated rings. The lowest BCUT2D eigenvalue weighted by Crippen LogP contribution is -2.12. The molecule has 0 unspecified atom stereocenters. The Hall–Kier alpha value is -2.90. The molecule has 98 valence electrons. The number of nitrogen functional groups attached to an aromatic ring is 1. The Balaban J connectivity index is 2.20. The number of hydrogen-bond donors (Lipinski definition) is 2. The van der Waals surface area contributed by atoms with E-state index in [1.165, 1.54) is 6.07 Å². The lowest BCUT2D eigenvalue weighted by molar-refractivity contribution is -0.402. The highest BCUT2D eigenvalue weighted by atomic mass is 19.1. The van der Waals surface area contributed by atoms with E-state index in [2.05, 4.69) is 5.32 Å². The second-order valence-electron chi connectivity index (χ2n) is 3.58. The van der Waals surface area contributed by atoms with Crippen LogP contribution in [0.15, 0.2) is 34.7 Å². The zero-order valence-corrected chi connectivity index (χ0v) is 9.42. The van der Waals surface area contributed by atoms with Gasteiger partial charge >= 0.3 is 5.88 Å². The summed E-state index contributed by atoms with van der Waals surface area (Å²) in [5, 5.41) is 12.7. The van der Waals surface area contributed by atoms with Crippen molar-refractivity contribution in [2.75, 3.05) is 11.1 Å². The normalized spacial score (nSPS) is 10.2. The molecule has 0 aliphatic heterocycles. The Morgan fingerprint density at radius 1 is 1.37 bits per heavy atom. The first-order chi connectivity index (χ1) is 8.97. The van der Waals surface area contributed by atoms with E-state index >= 15 is 0 Å². The van der Waals surface area contributed by atoms with Gasteiger partial charge in [-0.15, -0.1) is 0 Å². The average molecular weight is 265 g/mol. The molecule has 0 saturated heterocycles. The number of nitrogens with one attached hydrogen (secondary N) is 1. The van der Waals surface area contributed by atoms with Gasteiger partial charge in [-0.1, -0.05) is 0 Å². The number of carbonyl (C=O) groups excluding carboxylic acids is 1. The largest absolute Gasteiger partial charge is 0.433 e. The zero-order chi connectivity index (χ0) is 14.0. The zero-order valence-electron chi connectivity index (χ0n) is 9.42. The van der Waals surface area contributed by atoms with Crippen molar-refractivity contribution in [3.8, 4) is 0 Å². The maximum atomic E-state index is 13.0. The standard InChI is InChI=1S/C11H8FN3O4/c12-6-1-2-7(13)8(5-6)14-11(16)9-3-4-10(19-9)15(17)18/h1-5H,13H2,(H,14,16). The van der Waals surface area contributed by atoms with Crippen LogP contribution in [0.1, 0.15) is 10.6 Å². The number of furan rings is 1. The summed E-state index contributed by atoms with van der Waals surface area (Å²) in [6.45, 7) is 0. The SMILES string of the molecule is Nc1ccc(F)cc1NC(=O)c1ccc([N+](=O)[O-])o1. The fraction of sp³-hybridized carbons (Fsp3) is 0. The van der Waals surface area contributed by atoms with Gasteiger partial charge in [0, 0.05) is 0 Å². The van der Waals surface area contributed by atoms with Gasteiger partial charge in [-0.05, 0) is 24.3 Å². The Labute approximate surface area is 106 Å². The molecule has 8 heteroatoms. The minimum Gasteiger partial charge on any atom is -0.397 e. The maximum Gasteiger partial charge on any atom is 0.433 e. The Morgan fingerprint density at radius 2 is 2.11 bits per heavy atom. The van der Waals surface area contributed by atoms with Crippen LogP contribution in [0.25, 0.3) is 0 Å². The Kier molecular flexibility index (Phi) is 3.15. The molecule has 0 atom stereocenters. The first-order valence-corrected chi connectivity index (χ1v) is 5.08. The van der Waals surface area contributed by atoms with E-state index in [4.69, 9.17) is 10.2 Å². The molecule has 2 aromatic rings. The lowest BCUT2D eigenvalue weighted by atomic mass is 10.2. The summed E-state index contributed by atoms with van der Waals surface area (Å²) in [5.74, 6) is -2.16. The number of anilines is 2. The number of nitrogens with zero attached hydrogens (tertiary/aromatic N) is 1. The van der Waals surface area contributed by atoms with Crippen LogP contribution >= 0.6 is 0 Å². The van der Waals surface area contributed by atoms with E-state index in [9.17, 15) is 19.3 Å². The maximum absolute atomic E-state index is 13.0. The van der Waals surface area contributed by atoms with E-state index in [1.54, 1.807) is 0 Å². The number of nitrogens with two attached hydrogens (primary N) is 1. The van der Waals surface area contributed by atoms with Crippen LogP contribution in [0.3, 0.4) is 0 Å². The first-order valence-electron chi connectivity index (χ1n) is 5.08. The average Bonchev–Trinajstić information content (AvgIpc) is 2.83. The molecule has 0 saturated carbocycles. The number of rotatable bonds is 3. The number of carbonyl (C=O) groups is 1. The molecule has 0 spiro atoms. The number of hydrogen-bond acceptors (Lipinski definition) is 5. The van der Waals surface area contributed by atoms with Crippen LogP contribution in [-0.4, -0.2) is 10.8 Å². The summed E-state index contributed by atoms with van der Waals surface area (Å²) in [5.41, 5.74) is 5.77. The van der Waals surface area contributed by atoms with Crippen LogP contribution < -0.4 is 11.1 Å². The van der Waals surface area contributed by atoms with Crippen molar-refractivity contribution in [3.05, 3.63) is 52.0 Å². The van der Waals surface area contributed by atoms with Gasteiger partial charge in [-0.25, -0.2) is 4.39 Å². The molecular weight excluding hydrogens is 257 g/mol. The quantitative estimate of drug-likeness (QED) is 0.501. The van der Waals surface area contributed by atoms with E-state index in [0.717, 1.165) is 24.3 Å². The molecular formula is C11H8FN3O4. The van der Waals surface area contributed by atoms with Gasteiger partial charge in [0.25, 0.3) is 5.91 Å². The lowest BCUT2D eigenvalue weighted by Gasteiger charge is -2.06. The second kappa shape index (κ2) is 4.77. The smallest absolute Gasteiger partial charge is 0.397 e. The van der Waals surface area contributed by atoms with Crippen LogP contribution in [0.4, 0.5) is 21.6 Å². The highest BCUT2D eigenvalue weighted by Crippen LogP contribution is 2.21. The van der Waals surface area contributed by atoms with E-state index < -0.39 is 22.5 Å². The Morgan fingerprint density at radius 3 is 2.74 bits per heavy atom. The molecule has 0 aliphatic rings. The van der Waals surface area contributed by atoms with Gasteiger partial charge in [-0.2, -0.15) is 0 Å². The van der Waals surface area contributed by atoms with Crippen molar-refractivity contribution in [1.29, 1.82) is 0 Å². The van der Waals surface area contributed by atoms with Crippen molar-refractivity contribution in [1.82, 2.24) is 0 Å². The van der Waals surface area contributed by atoms with Gasteiger partial charge in [0.2, 0.25) is 0 Å². The molecule has 1 amide bonds. The predicted octanol–water partition coefficient (Wildman–Crippen LogP) is 2.16. The summed E-state index contributed by atoms with van der Waals surface area (Å²) in [7, 11) is 0. The number of nitro groups is 1. The van der Waals surface area contributed by atoms with Crippen LogP contribution in [0.5, 0.6) is 0 Å². The van der Waals surface area contributed by atoms with Gasteiger partial charge in [0.1, 0.15) is 10.7 Å². The third-order valence-corrected chi connectivity index (χ3v) is 2.26. The van der Waals surface area contributed by atoms with Crippen molar-refractivity contribution in [3.63, 3.8) is 0 Å². The second-order valence-corrected chi connectivity index (χ2v) is 3.58. The highest BCUT2D eigenvalue weighted by molar-refractivity contribution is 6.04. The number of halogens is 1. The molecule has 1 aromatic carbocycles. The molecule has 19 heavy (non-hydrogen) atoms. The molecule has 1 aromatic heterocycles. The van der Waals surface area contributed by atoms with Crippen molar-refractivity contribution in [2.45, 2.75) is 0 Å². The molecule has 3 N–H and O–H groups in total. The van der Waals surface area contributed by atoms with Crippen LogP contribution in [-0.2, 0) is 0 Å². The van der Waals surface area contributed by atoms with Gasteiger partial charge < -0.3 is 15.5 Å². The summed E-state index contributed by atoms with van der Waals surface area (Å²) in [4.78, 5) is 21.3. The first kappa shape index (κ1) is 12.6. The number of amides is 1. The van der Waals surface area contributed by atoms with Gasteiger partial charge in [-0.3, -0.25) is 14.9 Å². The van der Waals surface area contributed by atoms with Crippen LogP contribution in [0, 0.1) is 15.9 Å². The van der Waals surface area contributed by atoms with E-state index in [1.807, 2.05) is 0 Å². The summed E-state index contributed by atoms with van der Waals surface area (Å²) >= 11 is 0.